The van der Waals surface area contributed by atoms with Crippen molar-refractivity contribution in [1.82, 2.24) is 4.90 Å². The largest absolute Gasteiger partial charge is 0.467 e. The minimum atomic E-state index is -1.14. The van der Waals surface area contributed by atoms with Crippen LogP contribution in [0.3, 0.4) is 0 Å². The van der Waals surface area contributed by atoms with Crippen molar-refractivity contribution in [2.45, 2.75) is 39.3 Å². The van der Waals surface area contributed by atoms with Crippen LogP contribution in [0.2, 0.25) is 0 Å². The summed E-state index contributed by atoms with van der Waals surface area (Å²) in [6.07, 6.45) is 0. The highest BCUT2D eigenvalue weighted by Gasteiger charge is 2.39. The summed E-state index contributed by atoms with van der Waals surface area (Å²) in [5.41, 5.74) is 6.11. The maximum Gasteiger partial charge on any atom is 0.331 e. The number of ether oxygens (including phenoxy) is 1. The van der Waals surface area contributed by atoms with E-state index in [-0.39, 0.29) is 0 Å². The molecule has 21 heavy (non-hydrogen) atoms. The van der Waals surface area contributed by atoms with Gasteiger partial charge in [0.15, 0.2) is 5.54 Å². The maximum absolute atomic E-state index is 12.3. The summed E-state index contributed by atoms with van der Waals surface area (Å²) in [6.45, 7) is 9.89. The number of nitrogens with zero attached hydrogens (tertiary/aromatic N) is 1. The summed E-state index contributed by atoms with van der Waals surface area (Å²) in [5.74, 6) is 0.105. The van der Waals surface area contributed by atoms with Gasteiger partial charge in [-0.3, -0.25) is 4.90 Å². The summed E-state index contributed by atoms with van der Waals surface area (Å²) in [4.78, 5) is 14.5. The molecule has 0 spiro atoms. The van der Waals surface area contributed by atoms with E-state index in [0.717, 1.165) is 12.1 Å². The van der Waals surface area contributed by atoms with Crippen molar-refractivity contribution in [3.05, 3.63) is 35.9 Å². The van der Waals surface area contributed by atoms with E-state index in [9.17, 15) is 4.79 Å². The Kier molecular flexibility index (Phi) is 6.37. The van der Waals surface area contributed by atoms with Crippen LogP contribution in [0, 0.1) is 5.92 Å². The quantitative estimate of drug-likeness (QED) is 0.784. The molecule has 1 unspecified atom stereocenters. The van der Waals surface area contributed by atoms with E-state index >= 15 is 0 Å². The average molecular weight is 292 g/mol. The molecule has 1 aromatic rings. The Morgan fingerprint density at radius 3 is 2.24 bits per heavy atom. The maximum atomic E-state index is 12.3. The van der Waals surface area contributed by atoms with Crippen molar-refractivity contribution in [2.24, 2.45) is 11.7 Å². The van der Waals surface area contributed by atoms with Crippen LogP contribution >= 0.6 is 0 Å². The fraction of sp³-hybridized carbons (Fsp3) is 0.588. The minimum absolute atomic E-state index is 0.309. The Morgan fingerprint density at radius 2 is 1.81 bits per heavy atom. The molecule has 4 nitrogen and oxygen atoms in total. The lowest BCUT2D eigenvalue weighted by molar-refractivity contribution is -0.148. The number of carbonyl (C=O) groups is 1. The molecule has 0 amide bonds. The second kappa shape index (κ2) is 7.57. The van der Waals surface area contributed by atoms with Gasteiger partial charge in [0.1, 0.15) is 0 Å². The smallest absolute Gasteiger partial charge is 0.331 e. The fourth-order valence-electron chi connectivity index (χ4n) is 2.44. The first-order valence-corrected chi connectivity index (χ1v) is 7.48. The predicted molar refractivity (Wildman–Crippen MR) is 85.9 cm³/mol. The van der Waals surface area contributed by atoms with Gasteiger partial charge < -0.3 is 10.5 Å². The SMILES string of the molecule is COC(=O)C(N)(CN(CC(C)C)C(C)C)c1ccccc1. The molecule has 0 fully saturated rings. The van der Waals surface area contributed by atoms with Gasteiger partial charge in [0, 0.05) is 19.1 Å². The Bertz CT molecular complexity index is 445. The zero-order valence-electron chi connectivity index (χ0n) is 13.8. The Balaban J connectivity index is 3.10. The lowest BCUT2D eigenvalue weighted by atomic mass is 9.89. The molecule has 1 aromatic carbocycles. The molecule has 0 aliphatic carbocycles. The average Bonchev–Trinajstić information content (AvgIpc) is 2.45. The number of esters is 1. The van der Waals surface area contributed by atoms with E-state index in [1.165, 1.54) is 7.11 Å². The first-order valence-electron chi connectivity index (χ1n) is 7.48. The van der Waals surface area contributed by atoms with Crippen LogP contribution in [0.1, 0.15) is 33.3 Å². The molecule has 0 aromatic heterocycles. The Hall–Kier alpha value is -1.39. The predicted octanol–water partition coefficient (Wildman–Crippen LogP) is 2.38. The molecule has 1 atom stereocenters. The van der Waals surface area contributed by atoms with Crippen molar-refractivity contribution < 1.29 is 9.53 Å². The van der Waals surface area contributed by atoms with E-state index in [2.05, 4.69) is 32.6 Å². The third kappa shape index (κ3) is 4.55. The van der Waals surface area contributed by atoms with Gasteiger partial charge in [-0.15, -0.1) is 0 Å². The van der Waals surface area contributed by atoms with Crippen molar-refractivity contribution in [3.63, 3.8) is 0 Å². The van der Waals surface area contributed by atoms with Crippen LogP contribution in [-0.4, -0.2) is 37.1 Å². The lowest BCUT2D eigenvalue weighted by Gasteiger charge is -2.36. The van der Waals surface area contributed by atoms with E-state index in [0.29, 0.717) is 18.5 Å². The number of hydrogen-bond donors (Lipinski definition) is 1. The molecule has 0 saturated carbocycles. The number of rotatable bonds is 7. The molecule has 0 aliphatic heterocycles. The molecule has 2 N–H and O–H groups in total. The molecule has 118 valence electrons. The monoisotopic (exact) mass is 292 g/mol. The zero-order chi connectivity index (χ0) is 16.0. The molecule has 0 bridgehead atoms. The number of hydrogen-bond acceptors (Lipinski definition) is 4. The summed E-state index contributed by atoms with van der Waals surface area (Å²) in [6, 6.07) is 9.76. The third-order valence-corrected chi connectivity index (χ3v) is 3.62. The molecule has 4 heteroatoms. The highest BCUT2D eigenvalue weighted by Crippen LogP contribution is 2.23. The number of nitrogens with two attached hydrogens (primary N) is 1. The molecule has 0 saturated heterocycles. The lowest BCUT2D eigenvalue weighted by Crippen LogP contribution is -2.55. The van der Waals surface area contributed by atoms with Gasteiger partial charge in [-0.2, -0.15) is 0 Å². The number of methoxy groups -OCH3 is 1. The highest BCUT2D eigenvalue weighted by molar-refractivity contribution is 5.82. The summed E-state index contributed by atoms with van der Waals surface area (Å²) in [7, 11) is 1.38. The van der Waals surface area contributed by atoms with Gasteiger partial charge in [0.05, 0.1) is 7.11 Å². The summed E-state index contributed by atoms with van der Waals surface area (Å²) in [5, 5.41) is 0. The van der Waals surface area contributed by atoms with Gasteiger partial charge in [0.25, 0.3) is 0 Å². The van der Waals surface area contributed by atoms with E-state index in [1.54, 1.807) is 0 Å². The third-order valence-electron chi connectivity index (χ3n) is 3.62. The van der Waals surface area contributed by atoms with Gasteiger partial charge in [-0.1, -0.05) is 44.2 Å². The van der Waals surface area contributed by atoms with Crippen LogP contribution in [0.25, 0.3) is 0 Å². The molecule has 0 heterocycles. The van der Waals surface area contributed by atoms with Gasteiger partial charge >= 0.3 is 5.97 Å². The van der Waals surface area contributed by atoms with E-state index < -0.39 is 11.5 Å². The number of carbonyl (C=O) groups excluding carboxylic acids is 1. The first-order chi connectivity index (χ1) is 9.81. The fourth-order valence-corrected chi connectivity index (χ4v) is 2.44. The minimum Gasteiger partial charge on any atom is -0.467 e. The first kappa shape index (κ1) is 17.7. The van der Waals surface area contributed by atoms with Crippen LogP contribution < -0.4 is 5.73 Å². The summed E-state index contributed by atoms with van der Waals surface area (Å²) < 4.78 is 4.96. The molecular weight excluding hydrogens is 264 g/mol. The van der Waals surface area contributed by atoms with Crippen molar-refractivity contribution in [3.8, 4) is 0 Å². The Labute approximate surface area is 128 Å². The van der Waals surface area contributed by atoms with Gasteiger partial charge in [-0.25, -0.2) is 4.79 Å². The number of benzene rings is 1. The molecule has 0 radical (unpaired) electrons. The zero-order valence-corrected chi connectivity index (χ0v) is 13.8. The van der Waals surface area contributed by atoms with E-state index in [4.69, 9.17) is 10.5 Å². The second-order valence-corrected chi connectivity index (χ2v) is 6.25. The van der Waals surface area contributed by atoms with Crippen LogP contribution in [-0.2, 0) is 15.1 Å². The Morgan fingerprint density at radius 1 is 1.24 bits per heavy atom. The van der Waals surface area contributed by atoms with Crippen LogP contribution in [0.4, 0.5) is 0 Å². The normalized spacial score (nSPS) is 14.5. The van der Waals surface area contributed by atoms with Gasteiger partial charge in [-0.05, 0) is 25.3 Å². The van der Waals surface area contributed by atoms with Crippen molar-refractivity contribution in [1.29, 1.82) is 0 Å². The molecule has 0 aliphatic rings. The van der Waals surface area contributed by atoms with Gasteiger partial charge in [0.2, 0.25) is 0 Å². The highest BCUT2D eigenvalue weighted by atomic mass is 16.5. The molecular formula is C17H28N2O2. The van der Waals surface area contributed by atoms with Crippen LogP contribution in [0.15, 0.2) is 30.3 Å². The van der Waals surface area contributed by atoms with Crippen molar-refractivity contribution >= 4 is 5.97 Å². The van der Waals surface area contributed by atoms with Crippen molar-refractivity contribution in [2.75, 3.05) is 20.2 Å². The van der Waals surface area contributed by atoms with E-state index in [1.807, 2.05) is 30.3 Å². The second-order valence-electron chi connectivity index (χ2n) is 6.25. The standard InChI is InChI=1S/C17H28N2O2/c1-13(2)11-19(14(3)4)12-17(18,16(20)21-5)15-9-7-6-8-10-15/h6-10,13-14H,11-12,18H2,1-5H3. The molecule has 1 rings (SSSR count). The topological polar surface area (TPSA) is 55.6 Å². The summed E-state index contributed by atoms with van der Waals surface area (Å²) >= 11 is 0. The van der Waals surface area contributed by atoms with Crippen LogP contribution in [0.5, 0.6) is 0 Å².